The summed E-state index contributed by atoms with van der Waals surface area (Å²) < 4.78 is 13.3. The predicted molar refractivity (Wildman–Crippen MR) is 125 cm³/mol. The maximum atomic E-state index is 13.3. The second kappa shape index (κ2) is 9.92. The van der Waals surface area contributed by atoms with Crippen LogP contribution >= 0.6 is 0 Å². The number of nitrogens with one attached hydrogen (secondary N) is 1. The normalized spacial score (nSPS) is 12.7. The van der Waals surface area contributed by atoms with Crippen molar-refractivity contribution in [2.45, 2.75) is 27.2 Å². The minimum atomic E-state index is -0.242. The van der Waals surface area contributed by atoms with Crippen LogP contribution in [0.4, 0.5) is 10.2 Å². The minimum Gasteiger partial charge on any atom is -0.365 e. The van der Waals surface area contributed by atoms with Gasteiger partial charge in [0.25, 0.3) is 0 Å². The summed E-state index contributed by atoms with van der Waals surface area (Å²) in [6.45, 7) is 6.77. The maximum absolute atomic E-state index is 13.3. The number of benzene rings is 2. The third-order valence-corrected chi connectivity index (χ3v) is 4.92. The first-order chi connectivity index (χ1) is 14.5. The molecule has 0 spiro atoms. The van der Waals surface area contributed by atoms with Crippen molar-refractivity contribution in [3.63, 3.8) is 0 Å². The van der Waals surface area contributed by atoms with Crippen molar-refractivity contribution in [3.8, 4) is 11.1 Å². The van der Waals surface area contributed by atoms with Crippen LogP contribution in [-0.4, -0.2) is 29.3 Å². The van der Waals surface area contributed by atoms with E-state index in [1.807, 2.05) is 19.9 Å². The van der Waals surface area contributed by atoms with Gasteiger partial charge in [0.2, 0.25) is 0 Å². The van der Waals surface area contributed by atoms with E-state index in [1.54, 1.807) is 25.5 Å². The van der Waals surface area contributed by atoms with E-state index in [9.17, 15) is 4.39 Å². The quantitative estimate of drug-likeness (QED) is 0.381. The van der Waals surface area contributed by atoms with Gasteiger partial charge in [-0.3, -0.25) is 4.99 Å². The number of anilines is 1. The fourth-order valence-electron chi connectivity index (χ4n) is 3.24. The van der Waals surface area contributed by atoms with Crippen molar-refractivity contribution in [3.05, 3.63) is 77.9 Å². The number of halogens is 1. The first-order valence-corrected chi connectivity index (χ1v) is 10.1. The van der Waals surface area contributed by atoms with Crippen LogP contribution in [0.5, 0.6) is 0 Å². The predicted octanol–water partition coefficient (Wildman–Crippen LogP) is 6.14. The smallest absolute Gasteiger partial charge is 0.137 e. The standard InChI is InChI=1S/C25H27FN4/c1-5-6-19(8-7-18(3)27-4)15-28-25-23-14-21(20-9-11-22(26)12-10-20)13-17(2)24(23)29-16-30-25/h6-14,16H,5,15H2,1-4H3,(H,28,29,30)/b8-7-,19-6-,27-18?. The Morgan fingerprint density at radius 2 is 1.87 bits per heavy atom. The monoisotopic (exact) mass is 402 g/mol. The molecule has 5 heteroatoms. The number of fused-ring (bicyclic) bond motifs is 1. The van der Waals surface area contributed by atoms with Gasteiger partial charge in [0.05, 0.1) is 5.52 Å². The number of allylic oxidation sites excluding steroid dienone is 2. The van der Waals surface area contributed by atoms with Crippen LogP contribution < -0.4 is 5.32 Å². The maximum Gasteiger partial charge on any atom is 0.137 e. The van der Waals surface area contributed by atoms with Crippen LogP contribution in [0.2, 0.25) is 0 Å². The van der Waals surface area contributed by atoms with Crippen LogP contribution in [0.25, 0.3) is 22.0 Å². The molecule has 3 aromatic rings. The number of aliphatic imine (C=N–C) groups is 1. The molecule has 0 amide bonds. The van der Waals surface area contributed by atoms with Crippen molar-refractivity contribution < 1.29 is 4.39 Å². The lowest BCUT2D eigenvalue weighted by molar-refractivity contribution is 0.628. The van der Waals surface area contributed by atoms with Crippen LogP contribution in [0.3, 0.4) is 0 Å². The van der Waals surface area contributed by atoms with Crippen molar-refractivity contribution in [2.75, 3.05) is 18.9 Å². The highest BCUT2D eigenvalue weighted by atomic mass is 19.1. The Bertz CT molecular complexity index is 1110. The first-order valence-electron chi connectivity index (χ1n) is 10.1. The molecule has 0 unspecified atom stereocenters. The van der Waals surface area contributed by atoms with Crippen molar-refractivity contribution in [1.29, 1.82) is 0 Å². The highest BCUT2D eigenvalue weighted by molar-refractivity contribution is 5.95. The largest absolute Gasteiger partial charge is 0.365 e. The molecule has 30 heavy (non-hydrogen) atoms. The van der Waals surface area contributed by atoms with Gasteiger partial charge in [-0.1, -0.05) is 31.2 Å². The molecule has 3 rings (SSSR count). The van der Waals surface area contributed by atoms with Crippen LogP contribution in [0, 0.1) is 12.7 Å². The fraction of sp³-hybridized carbons (Fsp3) is 0.240. The number of aryl methyl sites for hydroxylation is 1. The van der Waals surface area contributed by atoms with Crippen LogP contribution in [0.1, 0.15) is 25.8 Å². The van der Waals surface area contributed by atoms with Gasteiger partial charge in [0.15, 0.2) is 0 Å². The molecule has 0 saturated heterocycles. The number of aromatic nitrogens is 2. The lowest BCUT2D eigenvalue weighted by atomic mass is 10.00. The lowest BCUT2D eigenvalue weighted by Gasteiger charge is -2.12. The van der Waals surface area contributed by atoms with Gasteiger partial charge in [-0.15, -0.1) is 0 Å². The Hall–Kier alpha value is -3.34. The summed E-state index contributed by atoms with van der Waals surface area (Å²) >= 11 is 0. The van der Waals surface area contributed by atoms with E-state index >= 15 is 0 Å². The molecule has 0 aliphatic heterocycles. The lowest BCUT2D eigenvalue weighted by Crippen LogP contribution is -2.07. The van der Waals surface area contributed by atoms with E-state index in [1.165, 1.54) is 17.7 Å². The zero-order valence-corrected chi connectivity index (χ0v) is 17.9. The molecular weight excluding hydrogens is 375 g/mol. The SMILES string of the molecule is CC/C=C(/C=C\C(C)=NC)CNc1ncnc2c(C)cc(-c3ccc(F)cc3)cc12. The minimum absolute atomic E-state index is 0.242. The molecule has 1 aromatic heterocycles. The Labute approximate surface area is 177 Å². The van der Waals surface area contributed by atoms with E-state index in [2.05, 4.69) is 51.5 Å². The first kappa shape index (κ1) is 21.4. The van der Waals surface area contributed by atoms with E-state index < -0.39 is 0 Å². The Morgan fingerprint density at radius 1 is 1.10 bits per heavy atom. The summed E-state index contributed by atoms with van der Waals surface area (Å²) in [5.74, 6) is 0.539. The highest BCUT2D eigenvalue weighted by Crippen LogP contribution is 2.29. The van der Waals surface area contributed by atoms with Gasteiger partial charge in [-0.05, 0) is 72.9 Å². The topological polar surface area (TPSA) is 50.2 Å². The third kappa shape index (κ3) is 5.17. The van der Waals surface area contributed by atoms with Gasteiger partial charge in [0.1, 0.15) is 18.0 Å². The fourth-order valence-corrected chi connectivity index (χ4v) is 3.24. The summed E-state index contributed by atoms with van der Waals surface area (Å²) in [6.07, 6.45) is 8.81. The summed E-state index contributed by atoms with van der Waals surface area (Å²) in [4.78, 5) is 13.1. The number of rotatable bonds is 7. The van der Waals surface area contributed by atoms with Gasteiger partial charge in [-0.2, -0.15) is 0 Å². The van der Waals surface area contributed by atoms with E-state index in [0.29, 0.717) is 6.54 Å². The van der Waals surface area contributed by atoms with Crippen LogP contribution in [0.15, 0.2) is 71.5 Å². The van der Waals surface area contributed by atoms with Crippen molar-refractivity contribution in [2.24, 2.45) is 4.99 Å². The Morgan fingerprint density at radius 3 is 2.57 bits per heavy atom. The van der Waals surface area contributed by atoms with Crippen LogP contribution in [-0.2, 0) is 0 Å². The molecule has 0 bridgehead atoms. The zero-order valence-electron chi connectivity index (χ0n) is 17.9. The van der Waals surface area contributed by atoms with Gasteiger partial charge in [-0.25, -0.2) is 14.4 Å². The number of hydrogen-bond acceptors (Lipinski definition) is 4. The molecule has 0 saturated carbocycles. The van der Waals surface area contributed by atoms with Gasteiger partial charge in [0, 0.05) is 24.7 Å². The second-order valence-corrected chi connectivity index (χ2v) is 7.16. The summed E-state index contributed by atoms with van der Waals surface area (Å²) in [5, 5.41) is 4.41. The molecule has 0 radical (unpaired) electrons. The third-order valence-electron chi connectivity index (χ3n) is 4.92. The highest BCUT2D eigenvalue weighted by Gasteiger charge is 2.10. The second-order valence-electron chi connectivity index (χ2n) is 7.16. The Kier molecular flexibility index (Phi) is 7.07. The molecule has 0 fully saturated rings. The average Bonchev–Trinajstić information content (AvgIpc) is 2.76. The molecule has 0 aliphatic carbocycles. The number of nitrogens with zero attached hydrogens (tertiary/aromatic N) is 3. The van der Waals surface area contributed by atoms with Crippen molar-refractivity contribution >= 4 is 22.4 Å². The molecule has 1 heterocycles. The van der Waals surface area contributed by atoms with Gasteiger partial charge >= 0.3 is 0 Å². The average molecular weight is 403 g/mol. The summed E-state index contributed by atoms with van der Waals surface area (Å²) in [6, 6.07) is 10.7. The summed E-state index contributed by atoms with van der Waals surface area (Å²) in [7, 11) is 1.79. The van der Waals surface area contributed by atoms with E-state index in [0.717, 1.165) is 45.5 Å². The van der Waals surface area contributed by atoms with Crippen molar-refractivity contribution in [1.82, 2.24) is 9.97 Å². The zero-order chi connectivity index (χ0) is 21.5. The molecule has 1 N–H and O–H groups in total. The van der Waals surface area contributed by atoms with Gasteiger partial charge < -0.3 is 5.32 Å². The molecule has 4 nitrogen and oxygen atoms in total. The number of hydrogen-bond donors (Lipinski definition) is 1. The molecule has 2 aromatic carbocycles. The molecular formula is C25H27FN4. The molecule has 0 atom stereocenters. The molecule has 0 aliphatic rings. The molecule has 154 valence electrons. The van der Waals surface area contributed by atoms with E-state index in [-0.39, 0.29) is 5.82 Å². The summed E-state index contributed by atoms with van der Waals surface area (Å²) in [5.41, 5.74) is 6.07. The van der Waals surface area contributed by atoms with E-state index in [4.69, 9.17) is 0 Å². The Balaban J connectivity index is 1.94.